The smallest absolute Gasteiger partial charge is 0.262 e. The van der Waals surface area contributed by atoms with Crippen LogP contribution in [0.5, 0.6) is 17.2 Å². The minimum absolute atomic E-state index is 0.00779. The van der Waals surface area contributed by atoms with E-state index in [9.17, 15) is 9.18 Å². The Hall–Kier alpha value is -2.28. The van der Waals surface area contributed by atoms with Gasteiger partial charge in [0.15, 0.2) is 18.2 Å². The number of carbonyl (C=O) groups excluding carboxylic acids is 1. The number of halogens is 2. The molecule has 2 aromatic carbocycles. The van der Waals surface area contributed by atoms with Crippen LogP contribution in [0.25, 0.3) is 0 Å². The number of benzene rings is 2. The van der Waals surface area contributed by atoms with Gasteiger partial charge >= 0.3 is 0 Å². The molecule has 2 aromatic rings. The van der Waals surface area contributed by atoms with Crippen LogP contribution < -0.4 is 19.5 Å². The van der Waals surface area contributed by atoms with E-state index in [-0.39, 0.29) is 12.4 Å². The van der Waals surface area contributed by atoms with Gasteiger partial charge in [0.1, 0.15) is 11.5 Å². The van der Waals surface area contributed by atoms with Crippen molar-refractivity contribution in [3.8, 4) is 17.2 Å². The van der Waals surface area contributed by atoms with Crippen LogP contribution in [0.15, 0.2) is 40.9 Å². The zero-order valence-corrected chi connectivity index (χ0v) is 16.3. The second-order valence-electron chi connectivity index (χ2n) is 5.48. The Morgan fingerprint density at radius 1 is 1.15 bits per heavy atom. The molecule has 0 aliphatic rings. The molecule has 0 fully saturated rings. The summed E-state index contributed by atoms with van der Waals surface area (Å²) in [6.07, 6.45) is 1.91. The van der Waals surface area contributed by atoms with Gasteiger partial charge in [-0.05, 0) is 36.8 Å². The predicted octanol–water partition coefficient (Wildman–Crippen LogP) is 4.79. The molecule has 26 heavy (non-hydrogen) atoms. The van der Waals surface area contributed by atoms with E-state index in [0.717, 1.165) is 12.8 Å². The number of amides is 1. The van der Waals surface area contributed by atoms with Gasteiger partial charge in [0.2, 0.25) is 0 Å². The minimum atomic E-state index is -0.544. The van der Waals surface area contributed by atoms with E-state index >= 15 is 0 Å². The lowest BCUT2D eigenvalue weighted by molar-refractivity contribution is -0.118. The number of nitrogens with one attached hydrogen (secondary N) is 1. The summed E-state index contributed by atoms with van der Waals surface area (Å²) in [5.74, 6) is 0.164. The van der Waals surface area contributed by atoms with Crippen molar-refractivity contribution < 1.29 is 23.4 Å². The van der Waals surface area contributed by atoms with Crippen LogP contribution in [0.2, 0.25) is 0 Å². The summed E-state index contributed by atoms with van der Waals surface area (Å²) in [4.78, 5) is 12.2. The highest BCUT2D eigenvalue weighted by Gasteiger charge is 2.12. The Kier molecular flexibility index (Phi) is 7.72. The first kappa shape index (κ1) is 20.0. The zero-order chi connectivity index (χ0) is 18.9. The average molecular weight is 426 g/mol. The predicted molar refractivity (Wildman–Crippen MR) is 102 cm³/mol. The van der Waals surface area contributed by atoms with Gasteiger partial charge < -0.3 is 19.5 Å². The number of hydrogen-bond acceptors (Lipinski definition) is 4. The van der Waals surface area contributed by atoms with Crippen molar-refractivity contribution in [2.45, 2.75) is 19.8 Å². The summed E-state index contributed by atoms with van der Waals surface area (Å²) >= 11 is 3.17. The number of methoxy groups -OCH3 is 1. The topological polar surface area (TPSA) is 56.8 Å². The third kappa shape index (κ3) is 5.91. The highest BCUT2D eigenvalue weighted by atomic mass is 79.9. The van der Waals surface area contributed by atoms with E-state index in [0.29, 0.717) is 28.3 Å². The van der Waals surface area contributed by atoms with E-state index in [4.69, 9.17) is 14.2 Å². The molecule has 0 aliphatic heterocycles. The fraction of sp³-hybridized carbons (Fsp3) is 0.316. The first-order valence-electron chi connectivity index (χ1n) is 8.22. The summed E-state index contributed by atoms with van der Waals surface area (Å²) in [5, 5.41) is 2.71. The van der Waals surface area contributed by atoms with Gasteiger partial charge in [0.05, 0.1) is 19.4 Å². The number of unbranched alkanes of at least 4 members (excludes halogenated alkanes) is 1. The number of anilines is 1. The van der Waals surface area contributed by atoms with Gasteiger partial charge in [-0.3, -0.25) is 4.79 Å². The first-order valence-corrected chi connectivity index (χ1v) is 9.01. The number of hydrogen-bond donors (Lipinski definition) is 1. The normalized spacial score (nSPS) is 10.3. The average Bonchev–Trinajstić information content (AvgIpc) is 2.62. The van der Waals surface area contributed by atoms with Crippen LogP contribution in [0, 0.1) is 5.82 Å². The molecule has 1 amide bonds. The zero-order valence-electron chi connectivity index (χ0n) is 14.7. The fourth-order valence-electron chi connectivity index (χ4n) is 2.11. The number of carbonyl (C=O) groups is 1. The molecule has 0 spiro atoms. The van der Waals surface area contributed by atoms with Gasteiger partial charge in [-0.1, -0.05) is 29.3 Å². The Balaban J connectivity index is 2.02. The molecule has 0 aliphatic carbocycles. The molecule has 0 atom stereocenters. The standard InChI is InChI=1S/C19H21BrFNO4/c1-3-4-9-25-18-8-6-14(24-2)11-16(18)22-19(23)12-26-17-7-5-13(20)10-15(17)21/h5-8,10-11H,3-4,9,12H2,1-2H3,(H,22,23). The van der Waals surface area contributed by atoms with Gasteiger partial charge in [-0.2, -0.15) is 0 Å². The Morgan fingerprint density at radius 3 is 2.62 bits per heavy atom. The highest BCUT2D eigenvalue weighted by Crippen LogP contribution is 2.29. The molecule has 0 unspecified atom stereocenters. The fourth-order valence-corrected chi connectivity index (χ4v) is 2.44. The number of rotatable bonds is 9. The van der Waals surface area contributed by atoms with Gasteiger partial charge in [0, 0.05) is 10.5 Å². The summed E-state index contributed by atoms with van der Waals surface area (Å²) in [5.41, 5.74) is 0.477. The molecule has 1 N–H and O–H groups in total. The maximum Gasteiger partial charge on any atom is 0.262 e. The van der Waals surface area contributed by atoms with Crippen molar-refractivity contribution in [1.82, 2.24) is 0 Å². The maximum absolute atomic E-state index is 13.7. The van der Waals surface area contributed by atoms with E-state index < -0.39 is 11.7 Å². The molecule has 0 saturated carbocycles. The van der Waals surface area contributed by atoms with Gasteiger partial charge in [-0.15, -0.1) is 0 Å². The lowest BCUT2D eigenvalue weighted by Gasteiger charge is -2.14. The summed E-state index contributed by atoms with van der Waals surface area (Å²) in [7, 11) is 1.54. The lowest BCUT2D eigenvalue weighted by Crippen LogP contribution is -2.21. The third-order valence-electron chi connectivity index (χ3n) is 3.47. The first-order chi connectivity index (χ1) is 12.5. The van der Waals surface area contributed by atoms with Gasteiger partial charge in [-0.25, -0.2) is 4.39 Å². The van der Waals surface area contributed by atoms with Crippen molar-refractivity contribution in [2.24, 2.45) is 0 Å². The molecule has 2 rings (SSSR count). The van der Waals surface area contributed by atoms with Crippen LogP contribution in [-0.2, 0) is 4.79 Å². The lowest BCUT2D eigenvalue weighted by atomic mass is 10.2. The van der Waals surface area contributed by atoms with Crippen molar-refractivity contribution >= 4 is 27.5 Å². The SMILES string of the molecule is CCCCOc1ccc(OC)cc1NC(=O)COc1ccc(Br)cc1F. The summed E-state index contributed by atoms with van der Waals surface area (Å²) in [6.45, 7) is 2.29. The second kappa shape index (κ2) is 10.0. The molecule has 0 saturated heterocycles. The molecule has 0 heterocycles. The third-order valence-corrected chi connectivity index (χ3v) is 3.96. The quantitative estimate of drug-likeness (QED) is 0.586. The molecule has 140 valence electrons. The molecule has 7 heteroatoms. The van der Waals surface area contributed by atoms with E-state index in [1.165, 1.54) is 19.2 Å². The molecule has 0 radical (unpaired) electrons. The second-order valence-corrected chi connectivity index (χ2v) is 6.39. The molecule has 5 nitrogen and oxygen atoms in total. The minimum Gasteiger partial charge on any atom is -0.497 e. The molecule has 0 aromatic heterocycles. The van der Waals surface area contributed by atoms with Crippen LogP contribution >= 0.6 is 15.9 Å². The van der Waals surface area contributed by atoms with Gasteiger partial charge in [0.25, 0.3) is 5.91 Å². The van der Waals surface area contributed by atoms with Crippen molar-refractivity contribution in [2.75, 3.05) is 25.6 Å². The monoisotopic (exact) mass is 425 g/mol. The van der Waals surface area contributed by atoms with E-state index in [1.54, 1.807) is 24.3 Å². The van der Waals surface area contributed by atoms with Crippen molar-refractivity contribution in [1.29, 1.82) is 0 Å². The Morgan fingerprint density at radius 2 is 1.92 bits per heavy atom. The molecular formula is C19H21BrFNO4. The summed E-state index contributed by atoms with van der Waals surface area (Å²) < 4.78 is 30.5. The van der Waals surface area contributed by atoms with Crippen LogP contribution in [0.4, 0.5) is 10.1 Å². The van der Waals surface area contributed by atoms with Crippen LogP contribution in [0.1, 0.15) is 19.8 Å². The summed E-state index contributed by atoms with van der Waals surface area (Å²) in [6, 6.07) is 9.52. The number of ether oxygens (including phenoxy) is 3. The van der Waals surface area contributed by atoms with Crippen molar-refractivity contribution in [3.63, 3.8) is 0 Å². The van der Waals surface area contributed by atoms with Crippen LogP contribution in [0.3, 0.4) is 0 Å². The molecule has 0 bridgehead atoms. The van der Waals surface area contributed by atoms with Crippen LogP contribution in [-0.4, -0.2) is 26.2 Å². The maximum atomic E-state index is 13.7. The Labute approximate surface area is 160 Å². The van der Waals surface area contributed by atoms with Crippen molar-refractivity contribution in [3.05, 3.63) is 46.7 Å². The molecular weight excluding hydrogens is 405 g/mol. The Bertz CT molecular complexity index is 754. The van der Waals surface area contributed by atoms with E-state index in [2.05, 4.69) is 28.2 Å². The van der Waals surface area contributed by atoms with E-state index in [1.807, 2.05) is 0 Å². The highest BCUT2D eigenvalue weighted by molar-refractivity contribution is 9.10. The largest absolute Gasteiger partial charge is 0.497 e.